The fourth-order valence-electron chi connectivity index (χ4n) is 8.28. The van der Waals surface area contributed by atoms with Gasteiger partial charge in [0, 0.05) is 32.7 Å². The van der Waals surface area contributed by atoms with E-state index in [1.807, 2.05) is 66.7 Å². The maximum atomic E-state index is 6.68. The van der Waals surface area contributed by atoms with E-state index < -0.39 is 0 Å². The average molecular weight is 746 g/mol. The molecule has 11 aromatic rings. The minimum atomic E-state index is 0.395. The predicted molar refractivity (Wildman–Crippen MR) is 241 cm³/mol. The lowest BCUT2D eigenvalue weighted by atomic mass is 9.95. The lowest BCUT2D eigenvalue weighted by Gasteiger charge is -2.09. The lowest BCUT2D eigenvalue weighted by molar-refractivity contribution is 0.668. The zero-order valence-electron chi connectivity index (χ0n) is 31.4. The zero-order valence-corrected chi connectivity index (χ0v) is 31.4. The number of hydrogen-bond donors (Lipinski definition) is 1. The molecule has 9 aromatic carbocycles. The third-order valence-corrected chi connectivity index (χ3v) is 11.2. The first-order chi connectivity index (χ1) is 28.6. The van der Waals surface area contributed by atoms with Crippen LogP contribution in [0.15, 0.2) is 207 Å². The number of nitrogens with two attached hydrogens (primary N) is 1. The summed E-state index contributed by atoms with van der Waals surface area (Å²) in [6, 6.07) is 65.0. The molecule has 0 bridgehead atoms. The molecule has 2 heterocycles. The number of benzene rings is 9. The van der Waals surface area contributed by atoms with E-state index in [1.165, 1.54) is 16.3 Å². The summed E-state index contributed by atoms with van der Waals surface area (Å²) in [7, 11) is 0. The summed E-state index contributed by atoms with van der Waals surface area (Å²) >= 11 is 0. The second kappa shape index (κ2) is 13.8. The van der Waals surface area contributed by atoms with Gasteiger partial charge in [-0.25, -0.2) is 4.99 Å². The van der Waals surface area contributed by atoms with E-state index in [9.17, 15) is 0 Å². The van der Waals surface area contributed by atoms with Crippen molar-refractivity contribution >= 4 is 77.1 Å². The van der Waals surface area contributed by atoms with Crippen molar-refractivity contribution in [3.8, 4) is 22.3 Å². The first-order valence-corrected chi connectivity index (χ1v) is 19.5. The summed E-state index contributed by atoms with van der Waals surface area (Å²) in [6.45, 7) is 0.450. The number of hydrogen-bond acceptors (Lipinski definition) is 3. The van der Waals surface area contributed by atoms with Gasteiger partial charge < -0.3 is 14.6 Å². The van der Waals surface area contributed by atoms with Crippen molar-refractivity contribution in [2.75, 3.05) is 0 Å². The molecule has 274 valence electrons. The van der Waals surface area contributed by atoms with Gasteiger partial charge in [0.25, 0.3) is 0 Å². The van der Waals surface area contributed by atoms with Gasteiger partial charge in [-0.15, -0.1) is 0 Å². The molecule has 5 nitrogen and oxygen atoms in total. The largest absolute Gasteiger partial charge is 0.456 e. The van der Waals surface area contributed by atoms with Crippen LogP contribution in [-0.2, 0) is 6.54 Å². The van der Waals surface area contributed by atoms with Gasteiger partial charge in [0.05, 0.1) is 6.54 Å². The fraction of sp³-hybridized carbons (Fsp3) is 0.0189. The van der Waals surface area contributed by atoms with Gasteiger partial charge in [-0.2, -0.15) is 0 Å². The Morgan fingerprint density at radius 3 is 2.05 bits per heavy atom. The molecule has 0 aliphatic rings. The van der Waals surface area contributed by atoms with Gasteiger partial charge in [0.1, 0.15) is 28.2 Å². The van der Waals surface area contributed by atoms with Crippen molar-refractivity contribution in [2.45, 2.75) is 6.54 Å². The Balaban J connectivity index is 0.909. The van der Waals surface area contributed by atoms with Crippen LogP contribution < -0.4 is 5.73 Å². The second-order valence-electron chi connectivity index (χ2n) is 14.7. The number of fused-ring (bicyclic) bond motifs is 8. The predicted octanol–water partition coefficient (Wildman–Crippen LogP) is 13.5. The highest BCUT2D eigenvalue weighted by molar-refractivity contribution is 6.15. The lowest BCUT2D eigenvalue weighted by Crippen LogP contribution is -2.16. The monoisotopic (exact) mass is 745 g/mol. The number of para-hydroxylation sites is 1. The smallest absolute Gasteiger partial charge is 0.157 e. The molecule has 0 amide bonds. The van der Waals surface area contributed by atoms with E-state index >= 15 is 0 Å². The number of rotatable bonds is 6. The summed E-state index contributed by atoms with van der Waals surface area (Å²) in [6.07, 6.45) is 0. The van der Waals surface area contributed by atoms with E-state index in [2.05, 4.69) is 121 Å². The van der Waals surface area contributed by atoms with Crippen LogP contribution in [0.5, 0.6) is 0 Å². The molecule has 0 aliphatic carbocycles. The first kappa shape index (κ1) is 33.6. The van der Waals surface area contributed by atoms with Gasteiger partial charge in [0.15, 0.2) is 5.84 Å². The SMILES string of the molecule is N/C(=N\C(=N/Cc1ccc2cc(-c3cccc4oc5cc(-c6cccc7ccccc67)ccc5c34)ccc2c1)c1ccccc1)c1ccc2oc3ccccc3c2c1. The number of furan rings is 2. The Labute approximate surface area is 334 Å². The molecule has 2 N–H and O–H groups in total. The van der Waals surface area contributed by atoms with Gasteiger partial charge in [-0.3, -0.25) is 4.99 Å². The highest BCUT2D eigenvalue weighted by Crippen LogP contribution is 2.40. The van der Waals surface area contributed by atoms with Crippen molar-refractivity contribution in [3.05, 3.63) is 205 Å². The quantitative estimate of drug-likeness (QED) is 0.136. The van der Waals surface area contributed by atoms with Crippen molar-refractivity contribution in [3.63, 3.8) is 0 Å². The Morgan fingerprint density at radius 1 is 0.431 bits per heavy atom. The molecular weight excluding hydrogens is 711 g/mol. The minimum absolute atomic E-state index is 0.395. The minimum Gasteiger partial charge on any atom is -0.456 e. The molecule has 0 spiro atoms. The first-order valence-electron chi connectivity index (χ1n) is 19.5. The molecule has 0 atom stereocenters. The molecule has 0 saturated carbocycles. The van der Waals surface area contributed by atoms with Crippen molar-refractivity contribution in [1.29, 1.82) is 0 Å². The fourth-order valence-corrected chi connectivity index (χ4v) is 8.28. The second-order valence-corrected chi connectivity index (χ2v) is 14.7. The highest BCUT2D eigenvalue weighted by Gasteiger charge is 2.15. The Kier molecular flexibility index (Phi) is 7.97. The van der Waals surface area contributed by atoms with E-state index in [0.29, 0.717) is 18.2 Å². The molecule has 5 heteroatoms. The number of aliphatic imine (C=N–C) groups is 2. The standard InChI is InChI=1S/C53H35N3O2/c54-52(40-25-27-48-46(30-40)44-15-6-7-18-47(44)57-48)56-53(35-11-2-1-3-12-35)55-32-33-20-21-37-29-38(23-22-36(37)28-33)43-17-9-19-49-51(43)45-26-24-39(31-50(45)58-49)42-16-8-13-34-10-4-5-14-41(34)42/h1-31H,32H2,(H2,54,55,56). The highest BCUT2D eigenvalue weighted by atomic mass is 16.3. The Hall–Kier alpha value is -7.76. The molecular formula is C53H35N3O2. The summed E-state index contributed by atoms with van der Waals surface area (Å²) in [4.78, 5) is 9.91. The normalized spacial score (nSPS) is 12.5. The van der Waals surface area contributed by atoms with Crippen LogP contribution in [0.1, 0.15) is 16.7 Å². The molecule has 2 aromatic heterocycles. The van der Waals surface area contributed by atoms with Crippen molar-refractivity contribution < 1.29 is 8.83 Å². The molecule has 0 unspecified atom stereocenters. The van der Waals surface area contributed by atoms with Crippen molar-refractivity contribution in [2.24, 2.45) is 15.7 Å². The molecule has 58 heavy (non-hydrogen) atoms. The summed E-state index contributed by atoms with van der Waals surface area (Å²) in [5.74, 6) is 0.974. The van der Waals surface area contributed by atoms with E-state index in [0.717, 1.165) is 88.0 Å². The van der Waals surface area contributed by atoms with E-state index in [-0.39, 0.29) is 0 Å². The third-order valence-electron chi connectivity index (χ3n) is 11.2. The van der Waals surface area contributed by atoms with E-state index in [1.54, 1.807) is 0 Å². The summed E-state index contributed by atoms with van der Waals surface area (Å²) in [5, 5.41) is 9.04. The maximum absolute atomic E-state index is 6.68. The van der Waals surface area contributed by atoms with Crippen LogP contribution >= 0.6 is 0 Å². The van der Waals surface area contributed by atoms with Crippen molar-refractivity contribution in [1.82, 2.24) is 0 Å². The van der Waals surface area contributed by atoms with Crippen LogP contribution in [0.3, 0.4) is 0 Å². The van der Waals surface area contributed by atoms with Crippen LogP contribution in [0.4, 0.5) is 0 Å². The average Bonchev–Trinajstić information content (AvgIpc) is 3.85. The van der Waals surface area contributed by atoms with E-state index in [4.69, 9.17) is 24.6 Å². The van der Waals surface area contributed by atoms with Gasteiger partial charge >= 0.3 is 0 Å². The van der Waals surface area contributed by atoms with Crippen LogP contribution in [-0.4, -0.2) is 11.7 Å². The topological polar surface area (TPSA) is 77.0 Å². The molecule has 0 fully saturated rings. The Morgan fingerprint density at radius 2 is 1.12 bits per heavy atom. The Bertz CT molecular complexity index is 3440. The zero-order chi connectivity index (χ0) is 38.6. The van der Waals surface area contributed by atoms with Crippen LogP contribution in [0.2, 0.25) is 0 Å². The summed E-state index contributed by atoms with van der Waals surface area (Å²) < 4.78 is 12.5. The maximum Gasteiger partial charge on any atom is 0.157 e. The van der Waals surface area contributed by atoms with Gasteiger partial charge in [-0.1, -0.05) is 133 Å². The van der Waals surface area contributed by atoms with Gasteiger partial charge in [-0.05, 0) is 104 Å². The number of nitrogens with zero attached hydrogens (tertiary/aromatic N) is 2. The molecule has 11 rings (SSSR count). The number of amidine groups is 2. The molecule has 0 saturated heterocycles. The van der Waals surface area contributed by atoms with Crippen LogP contribution in [0.25, 0.3) is 87.7 Å². The van der Waals surface area contributed by atoms with Crippen LogP contribution in [0, 0.1) is 0 Å². The molecule has 0 radical (unpaired) electrons. The third kappa shape index (κ3) is 5.89. The van der Waals surface area contributed by atoms with Gasteiger partial charge in [0.2, 0.25) is 0 Å². The summed E-state index contributed by atoms with van der Waals surface area (Å²) in [5.41, 5.74) is 17.5. The molecule has 0 aliphatic heterocycles.